The highest BCUT2D eigenvalue weighted by atomic mass is 32.2. The summed E-state index contributed by atoms with van der Waals surface area (Å²) in [6.07, 6.45) is 8.71. The van der Waals surface area contributed by atoms with Gasteiger partial charge in [-0.2, -0.15) is 11.8 Å². The Hall–Kier alpha value is 0.270. The summed E-state index contributed by atoms with van der Waals surface area (Å²) in [6, 6.07) is 1.47. The van der Waals surface area contributed by atoms with Gasteiger partial charge >= 0.3 is 0 Å². The van der Waals surface area contributed by atoms with E-state index < -0.39 is 0 Å². The molecule has 0 aromatic heterocycles. The number of hydrogen-bond donors (Lipinski definition) is 1. The Bertz CT molecular complexity index is 214. The average molecular weight is 256 g/mol. The largest absolute Gasteiger partial charge is 0.315 e. The molecule has 1 N–H and O–H groups in total. The van der Waals surface area contributed by atoms with E-state index >= 15 is 0 Å². The number of rotatable bonds is 3. The molecular formula is C14H28N2S. The van der Waals surface area contributed by atoms with Gasteiger partial charge < -0.3 is 10.2 Å². The van der Waals surface area contributed by atoms with Crippen molar-refractivity contribution in [2.45, 2.75) is 50.6 Å². The van der Waals surface area contributed by atoms with Crippen molar-refractivity contribution in [3.05, 3.63) is 0 Å². The van der Waals surface area contributed by atoms with Crippen molar-refractivity contribution in [2.24, 2.45) is 5.92 Å². The fraction of sp³-hybridized carbons (Fsp3) is 1.00. The van der Waals surface area contributed by atoms with Gasteiger partial charge in [-0.05, 0) is 32.9 Å². The second-order valence-corrected chi connectivity index (χ2v) is 6.84. The minimum absolute atomic E-state index is 0.714. The molecule has 1 heterocycles. The van der Waals surface area contributed by atoms with Crippen LogP contribution in [0.5, 0.6) is 0 Å². The monoisotopic (exact) mass is 256 g/mol. The second-order valence-electron chi connectivity index (χ2n) is 5.69. The minimum atomic E-state index is 0.714. The lowest BCUT2D eigenvalue weighted by Gasteiger charge is -2.41. The molecule has 2 atom stereocenters. The van der Waals surface area contributed by atoms with Crippen LogP contribution in [0.25, 0.3) is 0 Å². The van der Waals surface area contributed by atoms with Crippen molar-refractivity contribution < 1.29 is 0 Å². The van der Waals surface area contributed by atoms with Crippen LogP contribution < -0.4 is 5.32 Å². The molecule has 0 aromatic rings. The highest BCUT2D eigenvalue weighted by molar-refractivity contribution is 7.99. The van der Waals surface area contributed by atoms with E-state index in [0.717, 1.165) is 12.0 Å². The first kappa shape index (κ1) is 13.7. The van der Waals surface area contributed by atoms with Gasteiger partial charge in [-0.3, -0.25) is 0 Å². The number of nitrogens with zero attached hydrogens (tertiary/aromatic N) is 1. The van der Waals surface area contributed by atoms with Gasteiger partial charge in [-0.25, -0.2) is 0 Å². The molecule has 0 radical (unpaired) electrons. The van der Waals surface area contributed by atoms with Gasteiger partial charge in [0, 0.05) is 30.1 Å². The molecule has 2 nitrogen and oxygen atoms in total. The van der Waals surface area contributed by atoms with Crippen molar-refractivity contribution in [1.29, 1.82) is 0 Å². The standard InChI is InChI=1S/C14H28N2S/c1-15-14(12-7-5-3-4-6-8-12)13-11-17-10-9-16(13)2/h12-15H,3-11H2,1-2H3. The highest BCUT2D eigenvalue weighted by Crippen LogP contribution is 2.30. The van der Waals surface area contributed by atoms with Gasteiger partial charge in [0.05, 0.1) is 0 Å². The van der Waals surface area contributed by atoms with Crippen LogP contribution in [0.4, 0.5) is 0 Å². The summed E-state index contributed by atoms with van der Waals surface area (Å²) in [5, 5.41) is 3.64. The van der Waals surface area contributed by atoms with E-state index in [1.807, 2.05) is 0 Å². The fourth-order valence-corrected chi connectivity index (χ4v) is 4.78. The van der Waals surface area contributed by atoms with Gasteiger partial charge in [0.15, 0.2) is 0 Å². The van der Waals surface area contributed by atoms with Gasteiger partial charge in [0.1, 0.15) is 0 Å². The first-order chi connectivity index (χ1) is 8.33. The van der Waals surface area contributed by atoms with Gasteiger partial charge in [0.25, 0.3) is 0 Å². The maximum Gasteiger partial charge on any atom is 0.0339 e. The van der Waals surface area contributed by atoms with Crippen molar-refractivity contribution >= 4 is 11.8 Å². The predicted molar refractivity (Wildman–Crippen MR) is 77.8 cm³/mol. The van der Waals surface area contributed by atoms with Crippen LogP contribution in [0, 0.1) is 5.92 Å². The zero-order valence-corrected chi connectivity index (χ0v) is 12.3. The maximum absolute atomic E-state index is 3.64. The molecule has 0 amide bonds. The summed E-state index contributed by atoms with van der Waals surface area (Å²) < 4.78 is 0. The number of likely N-dealkylation sites (N-methyl/N-ethyl adjacent to an activating group) is 2. The average Bonchev–Trinajstić information content (AvgIpc) is 2.62. The lowest BCUT2D eigenvalue weighted by atomic mass is 9.87. The molecule has 100 valence electrons. The van der Waals surface area contributed by atoms with Gasteiger partial charge in [-0.1, -0.05) is 25.7 Å². The van der Waals surface area contributed by atoms with Crippen LogP contribution >= 0.6 is 11.8 Å². The summed E-state index contributed by atoms with van der Waals surface area (Å²) in [4.78, 5) is 2.59. The summed E-state index contributed by atoms with van der Waals surface area (Å²) >= 11 is 2.14. The molecule has 1 saturated carbocycles. The zero-order chi connectivity index (χ0) is 12.1. The first-order valence-corrected chi connectivity index (χ1v) is 8.43. The highest BCUT2D eigenvalue weighted by Gasteiger charge is 2.32. The molecule has 1 aliphatic heterocycles. The molecule has 3 heteroatoms. The Labute approximate surface area is 111 Å². The Morgan fingerprint density at radius 3 is 2.47 bits per heavy atom. The topological polar surface area (TPSA) is 15.3 Å². The third-order valence-electron chi connectivity index (χ3n) is 4.60. The van der Waals surface area contributed by atoms with E-state index in [1.54, 1.807) is 0 Å². The molecule has 2 unspecified atom stereocenters. The first-order valence-electron chi connectivity index (χ1n) is 7.28. The molecule has 2 fully saturated rings. The van der Waals surface area contributed by atoms with Crippen LogP contribution in [0.15, 0.2) is 0 Å². The third-order valence-corrected chi connectivity index (χ3v) is 5.65. The van der Waals surface area contributed by atoms with Crippen molar-refractivity contribution in [3.63, 3.8) is 0 Å². The molecular weight excluding hydrogens is 228 g/mol. The quantitative estimate of drug-likeness (QED) is 0.782. The lowest BCUT2D eigenvalue weighted by molar-refractivity contribution is 0.170. The number of nitrogens with one attached hydrogen (secondary N) is 1. The molecule has 2 aliphatic rings. The lowest BCUT2D eigenvalue weighted by Crippen LogP contribution is -2.54. The maximum atomic E-state index is 3.64. The summed E-state index contributed by atoms with van der Waals surface area (Å²) in [7, 11) is 4.48. The van der Waals surface area contributed by atoms with E-state index in [-0.39, 0.29) is 0 Å². The van der Waals surface area contributed by atoms with Crippen molar-refractivity contribution in [1.82, 2.24) is 10.2 Å². The number of thioether (sulfide) groups is 1. The molecule has 1 saturated heterocycles. The van der Waals surface area contributed by atoms with E-state index in [4.69, 9.17) is 0 Å². The Morgan fingerprint density at radius 1 is 1.18 bits per heavy atom. The van der Waals surface area contributed by atoms with E-state index in [1.165, 1.54) is 56.6 Å². The second kappa shape index (κ2) is 7.01. The number of hydrogen-bond acceptors (Lipinski definition) is 3. The Kier molecular flexibility index (Phi) is 5.64. The van der Waals surface area contributed by atoms with Crippen LogP contribution in [-0.4, -0.2) is 49.1 Å². The summed E-state index contributed by atoms with van der Waals surface area (Å²) in [5.41, 5.74) is 0. The summed E-state index contributed by atoms with van der Waals surface area (Å²) in [6.45, 7) is 1.26. The van der Waals surface area contributed by atoms with Crippen LogP contribution in [0.2, 0.25) is 0 Å². The SMILES string of the molecule is CNC(C1CCCCCC1)C1CSCCN1C. The van der Waals surface area contributed by atoms with E-state index in [0.29, 0.717) is 6.04 Å². The fourth-order valence-electron chi connectivity index (χ4n) is 3.50. The Morgan fingerprint density at radius 2 is 1.88 bits per heavy atom. The van der Waals surface area contributed by atoms with Crippen molar-refractivity contribution in [2.75, 3.05) is 32.1 Å². The summed E-state index contributed by atoms with van der Waals surface area (Å²) in [5.74, 6) is 3.54. The van der Waals surface area contributed by atoms with E-state index in [9.17, 15) is 0 Å². The van der Waals surface area contributed by atoms with Crippen LogP contribution in [-0.2, 0) is 0 Å². The van der Waals surface area contributed by atoms with Crippen molar-refractivity contribution in [3.8, 4) is 0 Å². The predicted octanol–water partition coefficient (Wildman–Crippen LogP) is 2.59. The third kappa shape index (κ3) is 3.62. The minimum Gasteiger partial charge on any atom is -0.315 e. The van der Waals surface area contributed by atoms with Gasteiger partial charge in [0.2, 0.25) is 0 Å². The molecule has 1 aliphatic carbocycles. The van der Waals surface area contributed by atoms with E-state index in [2.05, 4.69) is 36.1 Å². The Balaban J connectivity index is 1.97. The molecule has 2 rings (SSSR count). The van der Waals surface area contributed by atoms with Crippen LogP contribution in [0.3, 0.4) is 0 Å². The van der Waals surface area contributed by atoms with Gasteiger partial charge in [-0.15, -0.1) is 0 Å². The molecule has 0 bridgehead atoms. The molecule has 0 aromatic carbocycles. The zero-order valence-electron chi connectivity index (χ0n) is 11.5. The molecule has 17 heavy (non-hydrogen) atoms. The molecule has 0 spiro atoms. The smallest absolute Gasteiger partial charge is 0.0339 e. The van der Waals surface area contributed by atoms with Crippen LogP contribution in [0.1, 0.15) is 38.5 Å². The normalized spacial score (nSPS) is 31.1.